The third-order valence-corrected chi connectivity index (χ3v) is 5.53. The Kier molecular flexibility index (Phi) is 7.99. The average molecular weight is 416 g/mol. The van der Waals surface area contributed by atoms with Crippen LogP contribution in [0.2, 0.25) is 0 Å². The van der Waals surface area contributed by atoms with E-state index in [-0.39, 0.29) is 18.2 Å². The number of amides is 1. The lowest BCUT2D eigenvalue weighted by molar-refractivity contribution is -0.137. The van der Waals surface area contributed by atoms with Crippen molar-refractivity contribution in [3.8, 4) is 0 Å². The van der Waals surface area contributed by atoms with Crippen LogP contribution in [0.25, 0.3) is 0 Å². The van der Waals surface area contributed by atoms with Crippen LogP contribution in [-0.4, -0.2) is 28.9 Å². The SMILES string of the molecule is CN(Cc1ccccc1)C(=O)Cc1ccc(CC(CCC(=O)O)c2ccccc2)cc1. The second kappa shape index (κ2) is 11.1. The molecule has 0 aromatic heterocycles. The summed E-state index contributed by atoms with van der Waals surface area (Å²) in [5.41, 5.74) is 4.40. The molecule has 0 bridgehead atoms. The van der Waals surface area contributed by atoms with E-state index < -0.39 is 5.97 Å². The fraction of sp³-hybridized carbons (Fsp3) is 0.259. The highest BCUT2D eigenvalue weighted by Gasteiger charge is 2.15. The lowest BCUT2D eigenvalue weighted by atomic mass is 9.88. The molecule has 4 heteroatoms. The zero-order valence-corrected chi connectivity index (χ0v) is 17.9. The van der Waals surface area contributed by atoms with Gasteiger partial charge in [-0.25, -0.2) is 0 Å². The van der Waals surface area contributed by atoms with E-state index in [1.54, 1.807) is 4.90 Å². The number of carbonyl (C=O) groups is 2. The van der Waals surface area contributed by atoms with Gasteiger partial charge in [0.2, 0.25) is 5.91 Å². The topological polar surface area (TPSA) is 57.6 Å². The van der Waals surface area contributed by atoms with Gasteiger partial charge in [-0.3, -0.25) is 9.59 Å². The van der Waals surface area contributed by atoms with E-state index in [0.29, 0.717) is 19.4 Å². The summed E-state index contributed by atoms with van der Waals surface area (Å²) in [4.78, 5) is 25.4. The van der Waals surface area contributed by atoms with Gasteiger partial charge in [-0.1, -0.05) is 84.9 Å². The maximum atomic E-state index is 12.6. The lowest BCUT2D eigenvalue weighted by Crippen LogP contribution is -2.27. The summed E-state index contributed by atoms with van der Waals surface area (Å²) in [5, 5.41) is 9.10. The molecule has 0 aliphatic heterocycles. The molecule has 0 spiro atoms. The molecule has 1 atom stereocenters. The Bertz CT molecular complexity index is 968. The van der Waals surface area contributed by atoms with Crippen molar-refractivity contribution in [1.29, 1.82) is 0 Å². The summed E-state index contributed by atoms with van der Waals surface area (Å²) in [7, 11) is 1.83. The predicted molar refractivity (Wildman–Crippen MR) is 123 cm³/mol. The molecule has 0 heterocycles. The van der Waals surface area contributed by atoms with Crippen LogP contribution in [-0.2, 0) is 29.0 Å². The van der Waals surface area contributed by atoms with Crippen LogP contribution in [0.4, 0.5) is 0 Å². The van der Waals surface area contributed by atoms with E-state index in [4.69, 9.17) is 5.11 Å². The number of carboxylic acids is 1. The highest BCUT2D eigenvalue weighted by Crippen LogP contribution is 2.26. The molecule has 1 N–H and O–H groups in total. The summed E-state index contributed by atoms with van der Waals surface area (Å²) in [5.74, 6) is -0.531. The van der Waals surface area contributed by atoms with E-state index >= 15 is 0 Å². The van der Waals surface area contributed by atoms with Crippen LogP contribution in [0.5, 0.6) is 0 Å². The standard InChI is InChI=1S/C27H29NO3/c1-28(20-23-8-4-2-5-9-23)26(29)19-22-14-12-21(13-15-22)18-25(16-17-27(30)31)24-10-6-3-7-11-24/h2-15,25H,16-20H2,1H3,(H,30,31). The van der Waals surface area contributed by atoms with Crippen molar-refractivity contribution in [2.45, 2.75) is 38.1 Å². The minimum absolute atomic E-state index is 0.0835. The van der Waals surface area contributed by atoms with Gasteiger partial charge in [-0.2, -0.15) is 0 Å². The van der Waals surface area contributed by atoms with Crippen LogP contribution in [0.15, 0.2) is 84.9 Å². The van der Waals surface area contributed by atoms with Crippen LogP contribution in [0, 0.1) is 0 Å². The van der Waals surface area contributed by atoms with Crippen molar-refractivity contribution in [2.24, 2.45) is 0 Å². The Morgan fingerprint density at radius 1 is 0.806 bits per heavy atom. The average Bonchev–Trinajstić information content (AvgIpc) is 2.79. The molecule has 3 aromatic carbocycles. The van der Waals surface area contributed by atoms with Gasteiger partial charge >= 0.3 is 5.97 Å². The quantitative estimate of drug-likeness (QED) is 0.502. The van der Waals surface area contributed by atoms with E-state index in [2.05, 4.69) is 24.3 Å². The summed E-state index contributed by atoms with van der Waals surface area (Å²) in [6, 6.07) is 28.1. The first-order valence-electron chi connectivity index (χ1n) is 10.6. The molecule has 0 radical (unpaired) electrons. The van der Waals surface area contributed by atoms with Gasteiger partial charge in [-0.05, 0) is 41.0 Å². The van der Waals surface area contributed by atoms with Gasteiger partial charge in [0.1, 0.15) is 0 Å². The summed E-state index contributed by atoms with van der Waals surface area (Å²) >= 11 is 0. The van der Waals surface area contributed by atoms with E-state index in [1.807, 2.05) is 67.7 Å². The third-order valence-electron chi connectivity index (χ3n) is 5.53. The van der Waals surface area contributed by atoms with E-state index in [0.717, 1.165) is 28.7 Å². The molecule has 3 rings (SSSR count). The molecule has 0 saturated heterocycles. The number of carbonyl (C=O) groups excluding carboxylic acids is 1. The second-order valence-corrected chi connectivity index (χ2v) is 7.97. The Hall–Kier alpha value is -3.40. The van der Waals surface area contributed by atoms with Crippen molar-refractivity contribution in [1.82, 2.24) is 4.90 Å². The van der Waals surface area contributed by atoms with E-state index in [9.17, 15) is 9.59 Å². The van der Waals surface area contributed by atoms with Crippen molar-refractivity contribution in [3.63, 3.8) is 0 Å². The van der Waals surface area contributed by atoms with Crippen LogP contribution in [0.3, 0.4) is 0 Å². The van der Waals surface area contributed by atoms with Crippen LogP contribution in [0.1, 0.15) is 41.0 Å². The monoisotopic (exact) mass is 415 g/mol. The molecule has 31 heavy (non-hydrogen) atoms. The number of hydrogen-bond acceptors (Lipinski definition) is 2. The highest BCUT2D eigenvalue weighted by atomic mass is 16.4. The molecule has 0 fully saturated rings. The number of aliphatic carboxylic acids is 1. The summed E-state index contributed by atoms with van der Waals surface area (Å²) in [6.45, 7) is 0.597. The number of rotatable bonds is 10. The molecule has 3 aromatic rings. The number of hydrogen-bond donors (Lipinski definition) is 1. The Balaban J connectivity index is 1.60. The summed E-state index contributed by atoms with van der Waals surface area (Å²) in [6.07, 6.45) is 1.90. The first kappa shape index (κ1) is 22.3. The van der Waals surface area contributed by atoms with Gasteiger partial charge in [0.25, 0.3) is 0 Å². The zero-order chi connectivity index (χ0) is 22.1. The number of nitrogens with zero attached hydrogens (tertiary/aromatic N) is 1. The first-order chi connectivity index (χ1) is 15.0. The maximum absolute atomic E-state index is 12.6. The molecule has 160 valence electrons. The number of benzene rings is 3. The molecule has 0 saturated carbocycles. The van der Waals surface area contributed by atoms with Gasteiger partial charge in [0, 0.05) is 20.0 Å². The normalized spacial score (nSPS) is 11.6. The fourth-order valence-electron chi connectivity index (χ4n) is 3.74. The predicted octanol–water partition coefficient (Wildman–Crippen LogP) is 5.08. The Morgan fingerprint density at radius 2 is 1.39 bits per heavy atom. The lowest BCUT2D eigenvalue weighted by Gasteiger charge is -2.18. The van der Waals surface area contributed by atoms with Gasteiger partial charge < -0.3 is 10.0 Å². The van der Waals surface area contributed by atoms with Crippen molar-refractivity contribution >= 4 is 11.9 Å². The van der Waals surface area contributed by atoms with Crippen molar-refractivity contribution in [2.75, 3.05) is 7.05 Å². The van der Waals surface area contributed by atoms with Crippen molar-refractivity contribution < 1.29 is 14.7 Å². The molecule has 1 unspecified atom stereocenters. The Labute approximate surface area is 184 Å². The zero-order valence-electron chi connectivity index (χ0n) is 17.9. The van der Waals surface area contributed by atoms with Gasteiger partial charge in [0.15, 0.2) is 0 Å². The van der Waals surface area contributed by atoms with Crippen LogP contribution >= 0.6 is 0 Å². The molecule has 4 nitrogen and oxygen atoms in total. The summed E-state index contributed by atoms with van der Waals surface area (Å²) < 4.78 is 0. The van der Waals surface area contributed by atoms with Gasteiger partial charge in [-0.15, -0.1) is 0 Å². The van der Waals surface area contributed by atoms with E-state index in [1.165, 1.54) is 0 Å². The molecule has 1 amide bonds. The Morgan fingerprint density at radius 3 is 2.00 bits per heavy atom. The molecule has 0 aliphatic carbocycles. The third kappa shape index (κ3) is 7.10. The molecular weight excluding hydrogens is 386 g/mol. The number of likely N-dealkylation sites (N-methyl/N-ethyl adjacent to an activating group) is 1. The smallest absolute Gasteiger partial charge is 0.303 e. The minimum Gasteiger partial charge on any atom is -0.481 e. The highest BCUT2D eigenvalue weighted by molar-refractivity contribution is 5.78. The molecular formula is C27H29NO3. The second-order valence-electron chi connectivity index (χ2n) is 7.97. The van der Waals surface area contributed by atoms with Crippen molar-refractivity contribution in [3.05, 3.63) is 107 Å². The fourth-order valence-corrected chi connectivity index (χ4v) is 3.74. The largest absolute Gasteiger partial charge is 0.481 e. The first-order valence-corrected chi connectivity index (χ1v) is 10.6. The minimum atomic E-state index is -0.769. The van der Waals surface area contributed by atoms with Crippen LogP contribution < -0.4 is 0 Å². The molecule has 0 aliphatic rings. The van der Waals surface area contributed by atoms with Gasteiger partial charge in [0.05, 0.1) is 6.42 Å². The maximum Gasteiger partial charge on any atom is 0.303 e. The number of carboxylic acid groups (broad SMARTS) is 1.